The maximum absolute atomic E-state index is 13.1. The van der Waals surface area contributed by atoms with Crippen molar-refractivity contribution in [1.82, 2.24) is 4.31 Å². The molecule has 0 aliphatic carbocycles. The summed E-state index contributed by atoms with van der Waals surface area (Å²) in [7, 11) is -0.794. The molecule has 0 spiro atoms. The molecule has 26 heavy (non-hydrogen) atoms. The summed E-state index contributed by atoms with van der Waals surface area (Å²) >= 11 is 6.04. The van der Waals surface area contributed by atoms with E-state index in [1.807, 2.05) is 12.1 Å². The molecule has 6 nitrogen and oxygen atoms in total. The quantitative estimate of drug-likeness (QED) is 0.775. The fourth-order valence-electron chi connectivity index (χ4n) is 2.88. The molecule has 1 saturated heterocycles. The van der Waals surface area contributed by atoms with Gasteiger partial charge < -0.3 is 14.2 Å². The van der Waals surface area contributed by atoms with Crippen molar-refractivity contribution in [3.8, 4) is 11.5 Å². The molecule has 0 N–H and O–H groups in total. The highest BCUT2D eigenvalue weighted by molar-refractivity contribution is 7.89. The van der Waals surface area contributed by atoms with Crippen molar-refractivity contribution in [2.45, 2.75) is 11.0 Å². The Morgan fingerprint density at radius 1 is 1.15 bits per heavy atom. The van der Waals surface area contributed by atoms with Crippen LogP contribution in [0.5, 0.6) is 11.5 Å². The standard InChI is InChI=1S/C18H20ClNO5S/c1-23-15-6-7-18(16(11-15)24-2)26(21,22)20-8-9-25-17(12-20)13-4-3-5-14(19)10-13/h3-7,10-11,17H,8-9,12H2,1-2H3. The molecular formula is C18H20ClNO5S. The van der Waals surface area contributed by atoms with E-state index in [0.29, 0.717) is 17.4 Å². The fourth-order valence-corrected chi connectivity index (χ4v) is 4.64. The van der Waals surface area contributed by atoms with Gasteiger partial charge in [-0.1, -0.05) is 23.7 Å². The third kappa shape index (κ3) is 3.81. The van der Waals surface area contributed by atoms with E-state index >= 15 is 0 Å². The number of rotatable bonds is 5. The normalized spacial score (nSPS) is 18.5. The molecule has 0 radical (unpaired) electrons. The van der Waals surface area contributed by atoms with E-state index in [1.54, 1.807) is 24.3 Å². The van der Waals surface area contributed by atoms with Crippen molar-refractivity contribution < 1.29 is 22.6 Å². The summed E-state index contributed by atoms with van der Waals surface area (Å²) in [5.74, 6) is 0.773. The van der Waals surface area contributed by atoms with Gasteiger partial charge in [0.15, 0.2) is 0 Å². The summed E-state index contributed by atoms with van der Waals surface area (Å²) < 4.78 is 43.8. The van der Waals surface area contributed by atoms with Crippen molar-refractivity contribution in [3.63, 3.8) is 0 Å². The minimum atomic E-state index is -3.74. The number of hydrogen-bond acceptors (Lipinski definition) is 5. The van der Waals surface area contributed by atoms with Gasteiger partial charge in [0.2, 0.25) is 10.0 Å². The molecule has 2 aromatic rings. The van der Waals surface area contributed by atoms with Crippen LogP contribution in [0.2, 0.25) is 5.02 Å². The van der Waals surface area contributed by atoms with Crippen molar-refractivity contribution >= 4 is 21.6 Å². The average molecular weight is 398 g/mol. The van der Waals surface area contributed by atoms with E-state index in [1.165, 1.54) is 24.6 Å². The first kappa shape index (κ1) is 19.0. The van der Waals surface area contributed by atoms with Crippen LogP contribution in [0.4, 0.5) is 0 Å². The van der Waals surface area contributed by atoms with E-state index in [4.69, 9.17) is 25.8 Å². The Morgan fingerprint density at radius 3 is 2.65 bits per heavy atom. The lowest BCUT2D eigenvalue weighted by molar-refractivity contribution is -0.00258. The van der Waals surface area contributed by atoms with Crippen molar-refractivity contribution in [2.24, 2.45) is 0 Å². The zero-order chi connectivity index (χ0) is 18.7. The first-order chi connectivity index (χ1) is 12.5. The lowest BCUT2D eigenvalue weighted by Gasteiger charge is -2.32. The molecule has 0 bridgehead atoms. The summed E-state index contributed by atoms with van der Waals surface area (Å²) in [4.78, 5) is 0.104. The zero-order valence-corrected chi connectivity index (χ0v) is 16.1. The van der Waals surface area contributed by atoms with E-state index < -0.39 is 10.0 Å². The largest absolute Gasteiger partial charge is 0.497 e. The van der Waals surface area contributed by atoms with Crippen molar-refractivity contribution in [2.75, 3.05) is 33.9 Å². The number of ether oxygens (including phenoxy) is 3. The summed E-state index contributed by atoms with van der Waals surface area (Å²) in [6, 6.07) is 11.9. The zero-order valence-electron chi connectivity index (χ0n) is 14.5. The molecule has 0 aromatic heterocycles. The highest BCUT2D eigenvalue weighted by Gasteiger charge is 2.33. The Morgan fingerprint density at radius 2 is 1.96 bits per heavy atom. The maximum Gasteiger partial charge on any atom is 0.246 e. The first-order valence-electron chi connectivity index (χ1n) is 8.05. The van der Waals surface area contributed by atoms with Gasteiger partial charge in [-0.15, -0.1) is 0 Å². The second-order valence-electron chi connectivity index (χ2n) is 5.79. The van der Waals surface area contributed by atoms with Crippen LogP contribution in [-0.4, -0.2) is 46.6 Å². The second kappa shape index (κ2) is 7.84. The van der Waals surface area contributed by atoms with Crippen LogP contribution in [0.3, 0.4) is 0 Å². The average Bonchev–Trinajstić information content (AvgIpc) is 2.67. The maximum atomic E-state index is 13.1. The van der Waals surface area contributed by atoms with E-state index in [2.05, 4.69) is 0 Å². The molecule has 1 unspecified atom stereocenters. The fraction of sp³-hybridized carbons (Fsp3) is 0.333. The van der Waals surface area contributed by atoms with Gasteiger partial charge in [0.25, 0.3) is 0 Å². The van der Waals surface area contributed by atoms with Gasteiger partial charge in [0, 0.05) is 24.2 Å². The molecule has 1 fully saturated rings. The predicted octanol–water partition coefficient (Wildman–Crippen LogP) is 3.12. The van der Waals surface area contributed by atoms with Crippen molar-refractivity contribution in [3.05, 3.63) is 53.1 Å². The molecule has 1 aliphatic heterocycles. The van der Waals surface area contributed by atoms with Crippen LogP contribution in [0.15, 0.2) is 47.4 Å². The predicted molar refractivity (Wildman–Crippen MR) is 98.4 cm³/mol. The van der Waals surface area contributed by atoms with Gasteiger partial charge in [-0.3, -0.25) is 0 Å². The Kier molecular flexibility index (Phi) is 5.72. The summed E-state index contributed by atoms with van der Waals surface area (Å²) in [5, 5.41) is 0.586. The lowest BCUT2D eigenvalue weighted by Crippen LogP contribution is -2.42. The Bertz CT molecular complexity index is 887. The third-order valence-electron chi connectivity index (χ3n) is 4.24. The molecule has 1 atom stereocenters. The Labute approximate surface area is 158 Å². The number of hydrogen-bond donors (Lipinski definition) is 0. The molecule has 1 heterocycles. The number of methoxy groups -OCH3 is 2. The number of benzene rings is 2. The number of halogens is 1. The van der Waals surface area contributed by atoms with E-state index in [-0.39, 0.29) is 29.8 Å². The van der Waals surface area contributed by atoms with Crippen LogP contribution < -0.4 is 9.47 Å². The van der Waals surface area contributed by atoms with Crippen molar-refractivity contribution in [1.29, 1.82) is 0 Å². The third-order valence-corrected chi connectivity index (χ3v) is 6.38. The van der Waals surface area contributed by atoms with Gasteiger partial charge in [-0.05, 0) is 29.8 Å². The first-order valence-corrected chi connectivity index (χ1v) is 9.86. The number of sulfonamides is 1. The molecule has 3 rings (SSSR count). The monoisotopic (exact) mass is 397 g/mol. The highest BCUT2D eigenvalue weighted by Crippen LogP contribution is 2.33. The van der Waals surface area contributed by atoms with Gasteiger partial charge >= 0.3 is 0 Å². The van der Waals surface area contributed by atoms with Crippen LogP contribution in [-0.2, 0) is 14.8 Å². The summed E-state index contributed by atoms with van der Waals surface area (Å²) in [6.07, 6.45) is -0.374. The highest BCUT2D eigenvalue weighted by atomic mass is 35.5. The van der Waals surface area contributed by atoms with Crippen LogP contribution in [0, 0.1) is 0 Å². The SMILES string of the molecule is COc1ccc(S(=O)(=O)N2CCOC(c3cccc(Cl)c3)C2)c(OC)c1. The van der Waals surface area contributed by atoms with Gasteiger partial charge in [0.05, 0.1) is 26.9 Å². The molecule has 2 aromatic carbocycles. The summed E-state index contributed by atoms with van der Waals surface area (Å²) in [5.41, 5.74) is 0.846. The number of nitrogens with zero attached hydrogens (tertiary/aromatic N) is 1. The molecular weight excluding hydrogens is 378 g/mol. The molecule has 0 saturated carbocycles. The number of morpholine rings is 1. The van der Waals surface area contributed by atoms with Gasteiger partial charge in [0.1, 0.15) is 16.4 Å². The van der Waals surface area contributed by atoms with Gasteiger partial charge in [-0.25, -0.2) is 8.42 Å². The Balaban J connectivity index is 1.90. The summed E-state index contributed by atoms with van der Waals surface area (Å²) in [6.45, 7) is 0.779. The van der Waals surface area contributed by atoms with Crippen LogP contribution in [0.25, 0.3) is 0 Å². The smallest absolute Gasteiger partial charge is 0.246 e. The molecule has 8 heteroatoms. The second-order valence-corrected chi connectivity index (χ2v) is 8.14. The van der Waals surface area contributed by atoms with E-state index in [0.717, 1.165) is 5.56 Å². The van der Waals surface area contributed by atoms with Crippen LogP contribution in [0.1, 0.15) is 11.7 Å². The topological polar surface area (TPSA) is 65.1 Å². The lowest BCUT2D eigenvalue weighted by atomic mass is 10.1. The van der Waals surface area contributed by atoms with E-state index in [9.17, 15) is 8.42 Å². The van der Waals surface area contributed by atoms with Gasteiger partial charge in [-0.2, -0.15) is 4.31 Å². The molecule has 140 valence electrons. The molecule has 0 amide bonds. The Hall–Kier alpha value is -1.80. The molecule has 1 aliphatic rings. The minimum Gasteiger partial charge on any atom is -0.497 e. The minimum absolute atomic E-state index is 0.104. The van der Waals surface area contributed by atoms with Crippen LogP contribution >= 0.6 is 11.6 Å².